The smallest absolute Gasteiger partial charge is 0.336 e. The van der Waals surface area contributed by atoms with Crippen LogP contribution in [0.2, 0.25) is 0 Å². The van der Waals surface area contributed by atoms with Gasteiger partial charge in [0.15, 0.2) is 5.60 Å². The molecule has 0 aliphatic rings. The molecular formula is C8H18N2O5S. The summed E-state index contributed by atoms with van der Waals surface area (Å²) in [5, 5.41) is 17.9. The monoisotopic (exact) mass is 254 g/mol. The first-order chi connectivity index (χ1) is 6.86. The summed E-state index contributed by atoms with van der Waals surface area (Å²) in [6, 6.07) is 0. The summed E-state index contributed by atoms with van der Waals surface area (Å²) in [6.07, 6.45) is 0. The van der Waals surface area contributed by atoms with E-state index in [1.54, 1.807) is 20.8 Å². The number of carboxylic acid groups (broad SMARTS) is 1. The third kappa shape index (κ3) is 6.01. The lowest BCUT2D eigenvalue weighted by molar-refractivity contribution is -0.155. The first kappa shape index (κ1) is 15.3. The van der Waals surface area contributed by atoms with Crippen molar-refractivity contribution in [2.24, 2.45) is 0 Å². The Kier molecular flexibility index (Phi) is 4.46. The van der Waals surface area contributed by atoms with Gasteiger partial charge in [-0.15, -0.1) is 0 Å². The van der Waals surface area contributed by atoms with Crippen molar-refractivity contribution in [3.63, 3.8) is 0 Å². The third-order valence-electron chi connectivity index (χ3n) is 1.51. The molecule has 7 nitrogen and oxygen atoms in total. The van der Waals surface area contributed by atoms with Crippen LogP contribution in [0.1, 0.15) is 27.7 Å². The van der Waals surface area contributed by atoms with E-state index in [1.807, 2.05) is 4.72 Å². The van der Waals surface area contributed by atoms with Crippen molar-refractivity contribution in [3.8, 4) is 0 Å². The van der Waals surface area contributed by atoms with Gasteiger partial charge in [-0.3, -0.25) is 0 Å². The molecule has 16 heavy (non-hydrogen) atoms. The van der Waals surface area contributed by atoms with Crippen LogP contribution in [-0.4, -0.2) is 42.3 Å². The van der Waals surface area contributed by atoms with Crippen LogP contribution in [0.15, 0.2) is 0 Å². The summed E-state index contributed by atoms with van der Waals surface area (Å²) in [7, 11) is -3.83. The Morgan fingerprint density at radius 2 is 1.69 bits per heavy atom. The highest BCUT2D eigenvalue weighted by Gasteiger charge is 2.32. The van der Waals surface area contributed by atoms with Gasteiger partial charge in [-0.25, -0.2) is 4.79 Å². The molecule has 0 aromatic rings. The number of nitrogens with one attached hydrogen (secondary N) is 2. The van der Waals surface area contributed by atoms with Gasteiger partial charge in [-0.05, 0) is 27.7 Å². The van der Waals surface area contributed by atoms with Crippen molar-refractivity contribution in [1.29, 1.82) is 0 Å². The van der Waals surface area contributed by atoms with Crippen LogP contribution in [0.4, 0.5) is 0 Å². The first-order valence-corrected chi connectivity index (χ1v) is 6.08. The van der Waals surface area contributed by atoms with E-state index in [0.717, 1.165) is 6.92 Å². The average Bonchev–Trinajstić information content (AvgIpc) is 1.96. The molecule has 0 rings (SSSR count). The minimum atomic E-state index is -3.83. The predicted octanol–water partition coefficient (Wildman–Crippen LogP) is -0.955. The van der Waals surface area contributed by atoms with Gasteiger partial charge in [0, 0.05) is 5.54 Å². The van der Waals surface area contributed by atoms with Crippen molar-refractivity contribution in [2.75, 3.05) is 6.54 Å². The fourth-order valence-electron chi connectivity index (χ4n) is 0.750. The van der Waals surface area contributed by atoms with Gasteiger partial charge >= 0.3 is 5.97 Å². The maximum absolute atomic E-state index is 11.4. The Hall–Kier alpha value is -0.700. The highest BCUT2D eigenvalue weighted by molar-refractivity contribution is 7.87. The molecule has 0 saturated carbocycles. The van der Waals surface area contributed by atoms with Crippen LogP contribution in [0.5, 0.6) is 0 Å². The fraction of sp³-hybridized carbons (Fsp3) is 0.875. The van der Waals surface area contributed by atoms with Crippen LogP contribution in [-0.2, 0) is 15.0 Å². The van der Waals surface area contributed by atoms with E-state index in [9.17, 15) is 18.3 Å². The molecule has 1 unspecified atom stereocenters. The van der Waals surface area contributed by atoms with E-state index < -0.39 is 33.9 Å². The van der Waals surface area contributed by atoms with E-state index >= 15 is 0 Å². The molecule has 0 saturated heterocycles. The Morgan fingerprint density at radius 3 is 2.00 bits per heavy atom. The quantitative estimate of drug-likeness (QED) is 0.504. The van der Waals surface area contributed by atoms with Crippen LogP contribution < -0.4 is 9.44 Å². The number of carboxylic acids is 1. The molecule has 0 aromatic heterocycles. The van der Waals surface area contributed by atoms with Gasteiger partial charge in [0.1, 0.15) is 0 Å². The zero-order valence-corrected chi connectivity index (χ0v) is 10.6. The number of hydrogen-bond donors (Lipinski definition) is 4. The summed E-state index contributed by atoms with van der Waals surface area (Å²) in [6.45, 7) is 5.33. The summed E-state index contributed by atoms with van der Waals surface area (Å²) in [5.74, 6) is -1.49. The van der Waals surface area contributed by atoms with E-state index in [-0.39, 0.29) is 0 Å². The molecule has 0 heterocycles. The van der Waals surface area contributed by atoms with Crippen molar-refractivity contribution >= 4 is 16.2 Å². The lowest BCUT2D eigenvalue weighted by Crippen LogP contribution is -2.52. The second kappa shape index (κ2) is 4.66. The Morgan fingerprint density at radius 1 is 1.25 bits per heavy atom. The second-order valence-electron chi connectivity index (χ2n) is 4.76. The second-order valence-corrected chi connectivity index (χ2v) is 6.26. The van der Waals surface area contributed by atoms with Gasteiger partial charge in [0.05, 0.1) is 6.54 Å². The van der Waals surface area contributed by atoms with Crippen molar-refractivity contribution < 1.29 is 23.4 Å². The van der Waals surface area contributed by atoms with Gasteiger partial charge in [0.25, 0.3) is 10.2 Å². The number of rotatable bonds is 5. The van der Waals surface area contributed by atoms with Crippen LogP contribution in [0.3, 0.4) is 0 Å². The Bertz CT molecular complexity index is 355. The molecule has 4 N–H and O–H groups in total. The lowest BCUT2D eigenvalue weighted by Gasteiger charge is -2.23. The van der Waals surface area contributed by atoms with Gasteiger partial charge in [-0.1, -0.05) is 0 Å². The van der Waals surface area contributed by atoms with E-state index in [2.05, 4.69) is 4.72 Å². The molecule has 0 amide bonds. The Balaban J connectivity index is 4.48. The minimum Gasteiger partial charge on any atom is -0.479 e. The van der Waals surface area contributed by atoms with E-state index in [1.165, 1.54) is 0 Å². The molecular weight excluding hydrogens is 236 g/mol. The summed E-state index contributed by atoms with van der Waals surface area (Å²) >= 11 is 0. The molecule has 0 spiro atoms. The Labute approximate surface area is 95.0 Å². The SMILES string of the molecule is CC(C)(C)NS(=O)(=O)NCC(C)(O)C(=O)O. The molecule has 0 bridgehead atoms. The summed E-state index contributed by atoms with van der Waals surface area (Å²) < 4.78 is 27.0. The maximum Gasteiger partial charge on any atom is 0.336 e. The van der Waals surface area contributed by atoms with Crippen molar-refractivity contribution in [1.82, 2.24) is 9.44 Å². The number of hydrogen-bond acceptors (Lipinski definition) is 4. The average molecular weight is 254 g/mol. The summed E-state index contributed by atoms with van der Waals surface area (Å²) in [5.41, 5.74) is -2.81. The molecule has 0 fully saturated rings. The topological polar surface area (TPSA) is 116 Å². The van der Waals surface area contributed by atoms with Crippen LogP contribution in [0.25, 0.3) is 0 Å². The zero-order valence-electron chi connectivity index (χ0n) is 9.73. The summed E-state index contributed by atoms with van der Waals surface area (Å²) in [4.78, 5) is 10.5. The zero-order chi connectivity index (χ0) is 13.2. The van der Waals surface area contributed by atoms with Crippen LogP contribution >= 0.6 is 0 Å². The van der Waals surface area contributed by atoms with Crippen LogP contribution in [0, 0.1) is 0 Å². The van der Waals surface area contributed by atoms with Crippen molar-refractivity contribution in [2.45, 2.75) is 38.8 Å². The molecule has 0 aliphatic carbocycles. The fourth-order valence-corrected chi connectivity index (χ4v) is 2.10. The predicted molar refractivity (Wildman–Crippen MR) is 58.1 cm³/mol. The first-order valence-electron chi connectivity index (χ1n) is 4.60. The number of aliphatic carboxylic acids is 1. The maximum atomic E-state index is 11.4. The molecule has 1 atom stereocenters. The lowest BCUT2D eigenvalue weighted by atomic mass is 10.1. The van der Waals surface area contributed by atoms with E-state index in [0.29, 0.717) is 0 Å². The highest BCUT2D eigenvalue weighted by Crippen LogP contribution is 2.04. The molecule has 96 valence electrons. The molecule has 0 radical (unpaired) electrons. The minimum absolute atomic E-state index is 0.603. The van der Waals surface area contributed by atoms with Gasteiger partial charge in [-0.2, -0.15) is 17.9 Å². The number of aliphatic hydroxyl groups is 1. The molecule has 0 aromatic carbocycles. The normalized spacial score (nSPS) is 16.8. The van der Waals surface area contributed by atoms with Gasteiger partial charge < -0.3 is 10.2 Å². The molecule has 8 heteroatoms. The largest absolute Gasteiger partial charge is 0.479 e. The third-order valence-corrected chi connectivity index (χ3v) is 2.91. The molecule has 0 aliphatic heterocycles. The van der Waals surface area contributed by atoms with Crippen molar-refractivity contribution in [3.05, 3.63) is 0 Å². The van der Waals surface area contributed by atoms with Gasteiger partial charge in [0.2, 0.25) is 0 Å². The highest BCUT2D eigenvalue weighted by atomic mass is 32.2. The van der Waals surface area contributed by atoms with E-state index in [4.69, 9.17) is 5.11 Å². The number of carbonyl (C=O) groups is 1. The standard InChI is InChI=1S/C8H18N2O5S/c1-7(2,3)10-16(14,15)9-5-8(4,13)6(11)12/h9-10,13H,5H2,1-4H3,(H,11,12).